The molecule has 0 saturated carbocycles. The van der Waals surface area contributed by atoms with Crippen molar-refractivity contribution in [3.8, 4) is 0 Å². The van der Waals surface area contributed by atoms with Gasteiger partial charge in [-0.15, -0.1) is 12.4 Å². The second-order valence-corrected chi connectivity index (χ2v) is 10.1. The zero-order valence-corrected chi connectivity index (χ0v) is 25.3. The van der Waals surface area contributed by atoms with Crippen LogP contribution < -0.4 is 11.1 Å². The Morgan fingerprint density at radius 1 is 1.10 bits per heavy atom. The number of allylic oxidation sites excluding steroid dienone is 4. The number of Topliss-reactive ketones (excluding diaryl/α,β-unsaturated/α-hetero) is 1. The summed E-state index contributed by atoms with van der Waals surface area (Å²) in [4.78, 5) is 50.6. The number of rotatable bonds is 4. The fourth-order valence-corrected chi connectivity index (χ4v) is 4.78. The first-order valence-corrected chi connectivity index (χ1v) is 13.0. The Labute approximate surface area is 246 Å². The van der Waals surface area contributed by atoms with Crippen molar-refractivity contribution in [2.75, 3.05) is 21.3 Å². The summed E-state index contributed by atoms with van der Waals surface area (Å²) in [6, 6.07) is 0. The third kappa shape index (κ3) is 9.39. The first-order chi connectivity index (χ1) is 18.8. The molecule has 41 heavy (non-hydrogen) atoms. The largest absolute Gasteiger partial charge is 0.492 e. The summed E-state index contributed by atoms with van der Waals surface area (Å²) in [5.41, 5.74) is 6.12. The zero-order chi connectivity index (χ0) is 30.1. The molecule has 0 aromatic rings. The first-order valence-electron chi connectivity index (χ1n) is 13.0. The predicted molar refractivity (Wildman–Crippen MR) is 154 cm³/mol. The Morgan fingerprint density at radius 3 is 2.32 bits per heavy atom. The summed E-state index contributed by atoms with van der Waals surface area (Å²) in [5, 5.41) is 13.7. The summed E-state index contributed by atoms with van der Waals surface area (Å²) in [5.74, 6) is -2.39. The number of primary amides is 1. The molecule has 0 aromatic heterocycles. The molecule has 12 heteroatoms. The Morgan fingerprint density at radius 2 is 1.76 bits per heavy atom. The van der Waals surface area contributed by atoms with Crippen molar-refractivity contribution >= 4 is 36.0 Å². The molecule has 0 saturated heterocycles. The smallest absolute Gasteiger partial charge is 0.405 e. The minimum Gasteiger partial charge on any atom is -0.492 e. The van der Waals surface area contributed by atoms with E-state index in [4.69, 9.17) is 24.7 Å². The summed E-state index contributed by atoms with van der Waals surface area (Å²) in [6.07, 6.45) is 3.61. The quantitative estimate of drug-likeness (QED) is 0.327. The number of carbonyl (C=O) groups is 4. The van der Waals surface area contributed by atoms with Gasteiger partial charge >= 0.3 is 6.09 Å². The molecule has 4 N–H and O–H groups in total. The fourth-order valence-electron chi connectivity index (χ4n) is 4.78. The van der Waals surface area contributed by atoms with Crippen molar-refractivity contribution in [2.45, 2.75) is 65.0 Å². The number of ketones is 2. The highest BCUT2D eigenvalue weighted by atomic mass is 35.5. The average Bonchev–Trinajstić information content (AvgIpc) is 2.90. The molecular weight excluding hydrogens is 556 g/mol. The Balaban J connectivity index is 0.00000840. The molecular formula is C29H41ClN2O9. The van der Waals surface area contributed by atoms with Crippen LogP contribution in [0.3, 0.4) is 0 Å². The number of aliphatic hydroxyl groups excluding tert-OH is 1. The van der Waals surface area contributed by atoms with E-state index in [0.29, 0.717) is 12.0 Å². The van der Waals surface area contributed by atoms with Crippen LogP contribution >= 0.6 is 12.4 Å². The molecule has 0 aromatic carbocycles. The number of fused-ring (bicyclic) bond motifs is 2. The lowest BCUT2D eigenvalue weighted by molar-refractivity contribution is -0.120. The van der Waals surface area contributed by atoms with Crippen molar-refractivity contribution in [1.29, 1.82) is 0 Å². The Bertz CT molecular complexity index is 1150. The van der Waals surface area contributed by atoms with Crippen LogP contribution in [0.2, 0.25) is 0 Å². The van der Waals surface area contributed by atoms with Gasteiger partial charge in [-0.05, 0) is 38.2 Å². The van der Waals surface area contributed by atoms with Gasteiger partial charge in [0.2, 0.25) is 11.6 Å². The van der Waals surface area contributed by atoms with E-state index in [1.54, 1.807) is 32.1 Å². The molecule has 1 heterocycles. The number of halogens is 1. The van der Waals surface area contributed by atoms with Crippen LogP contribution in [0, 0.1) is 11.8 Å². The Kier molecular flexibility index (Phi) is 14.2. The van der Waals surface area contributed by atoms with Crippen LogP contribution in [0.5, 0.6) is 0 Å². The highest BCUT2D eigenvalue weighted by Crippen LogP contribution is 2.29. The number of nitrogens with one attached hydrogen (secondary N) is 1. The number of hydrogen-bond donors (Lipinski definition) is 3. The zero-order valence-electron chi connectivity index (χ0n) is 24.5. The number of aliphatic hydroxyl groups is 1. The minimum atomic E-state index is -1.00. The Hall–Kier alpha value is -3.25. The van der Waals surface area contributed by atoms with Gasteiger partial charge in [-0.25, -0.2) is 4.79 Å². The van der Waals surface area contributed by atoms with Crippen LogP contribution in [0.1, 0.15) is 40.5 Å². The fraction of sp³-hybridized carbons (Fsp3) is 0.517. The van der Waals surface area contributed by atoms with E-state index in [2.05, 4.69) is 5.32 Å². The lowest BCUT2D eigenvalue weighted by atomic mass is 9.85. The number of methoxy groups -OCH3 is 3. The molecule has 2 amide bonds. The molecule has 228 valence electrons. The summed E-state index contributed by atoms with van der Waals surface area (Å²) >= 11 is 0. The lowest BCUT2D eigenvalue weighted by Crippen LogP contribution is -2.37. The highest BCUT2D eigenvalue weighted by Gasteiger charge is 2.34. The third-order valence-corrected chi connectivity index (χ3v) is 6.95. The van der Waals surface area contributed by atoms with E-state index in [-0.39, 0.29) is 47.3 Å². The molecule has 0 unspecified atom stereocenters. The standard InChI is InChI=1S/C29H40N2O9.ClH/c1-15-11-19-25(34)20(14-21(32)27(19)39-7)31-28(35)16(2)9-8-10-22(37-5)26(40-29(30)36)18(4)13-17(3)24(33)23(12-15)38-6;/h8-10,13-15,17,22-24,26,33H,11-12H2,1-7H3,(H2,30,36)(H,31,35);1H/b10-8-,16-9+,18-13+;/t15-,17+,22+,23+,24-,26+;/m1./s1. The van der Waals surface area contributed by atoms with E-state index in [1.807, 2.05) is 6.92 Å². The molecule has 6 atom stereocenters. The van der Waals surface area contributed by atoms with Crippen LogP contribution in [-0.2, 0) is 33.3 Å². The monoisotopic (exact) mass is 596 g/mol. The van der Waals surface area contributed by atoms with Gasteiger partial charge < -0.3 is 35.1 Å². The number of ether oxygens (including phenoxy) is 4. The number of hydrogen-bond acceptors (Lipinski definition) is 9. The van der Waals surface area contributed by atoms with E-state index in [9.17, 15) is 24.3 Å². The summed E-state index contributed by atoms with van der Waals surface area (Å²) in [6.45, 7) is 6.92. The van der Waals surface area contributed by atoms with Crippen molar-refractivity contribution in [1.82, 2.24) is 5.32 Å². The van der Waals surface area contributed by atoms with Crippen LogP contribution in [0.25, 0.3) is 0 Å². The summed E-state index contributed by atoms with van der Waals surface area (Å²) in [7, 11) is 4.21. The van der Waals surface area contributed by atoms with Gasteiger partial charge in [0.15, 0.2) is 11.9 Å². The van der Waals surface area contributed by atoms with Crippen molar-refractivity contribution in [2.24, 2.45) is 17.6 Å². The maximum atomic E-state index is 13.3. The maximum Gasteiger partial charge on any atom is 0.405 e. The second-order valence-electron chi connectivity index (χ2n) is 10.1. The van der Waals surface area contributed by atoms with E-state index >= 15 is 0 Å². The second kappa shape index (κ2) is 16.3. The molecule has 2 bridgehead atoms. The molecule has 2 rings (SSSR count). The number of carbonyl (C=O) groups excluding carboxylic acids is 4. The van der Waals surface area contributed by atoms with Gasteiger partial charge in [0, 0.05) is 37.4 Å². The lowest BCUT2D eigenvalue weighted by Gasteiger charge is -2.29. The average molecular weight is 597 g/mol. The predicted octanol–water partition coefficient (Wildman–Crippen LogP) is 2.83. The SMILES string of the molecule is COC1=C2C[C@@H](C)C[C@H](OC)[C@H](O)[C@@H](C)/C=C(\C)[C@H](OC(N)=O)[C@@H](OC)/C=C\C=C(/C)C(=O)NC(=CC1=O)C2=O.Cl. The molecule has 0 fully saturated rings. The van der Waals surface area contributed by atoms with Crippen molar-refractivity contribution in [3.05, 3.63) is 58.6 Å². The first kappa shape index (κ1) is 35.8. The number of nitrogens with two attached hydrogens (primary N) is 1. The van der Waals surface area contributed by atoms with Gasteiger partial charge in [0.1, 0.15) is 6.10 Å². The van der Waals surface area contributed by atoms with Crippen molar-refractivity contribution in [3.63, 3.8) is 0 Å². The molecule has 11 nitrogen and oxygen atoms in total. The highest BCUT2D eigenvalue weighted by molar-refractivity contribution is 6.23. The maximum absolute atomic E-state index is 13.3. The van der Waals surface area contributed by atoms with E-state index in [0.717, 1.165) is 6.08 Å². The molecule has 0 spiro atoms. The number of amides is 2. The molecule has 1 aliphatic carbocycles. The molecule has 2 aliphatic rings. The van der Waals surface area contributed by atoms with Gasteiger partial charge in [-0.1, -0.05) is 38.2 Å². The normalized spacial score (nSPS) is 31.9. The molecule has 0 radical (unpaired) electrons. The van der Waals surface area contributed by atoms with Crippen LogP contribution in [0.15, 0.2) is 58.6 Å². The van der Waals surface area contributed by atoms with Gasteiger partial charge in [-0.3, -0.25) is 14.4 Å². The van der Waals surface area contributed by atoms with Crippen molar-refractivity contribution < 1.29 is 43.2 Å². The van der Waals surface area contributed by atoms with Gasteiger partial charge in [-0.2, -0.15) is 0 Å². The van der Waals surface area contributed by atoms with Crippen LogP contribution in [-0.4, -0.2) is 74.4 Å². The molecule has 1 aliphatic heterocycles. The topological polar surface area (TPSA) is 163 Å². The van der Waals surface area contributed by atoms with Gasteiger partial charge in [0.05, 0.1) is 25.0 Å². The van der Waals surface area contributed by atoms with Gasteiger partial charge in [0.25, 0.3) is 5.91 Å². The van der Waals surface area contributed by atoms with Crippen LogP contribution in [0.4, 0.5) is 4.79 Å². The third-order valence-electron chi connectivity index (χ3n) is 6.95. The van der Waals surface area contributed by atoms with E-state index < -0.39 is 53.9 Å². The van der Waals surface area contributed by atoms with E-state index in [1.165, 1.54) is 34.3 Å². The minimum absolute atomic E-state index is 0. The summed E-state index contributed by atoms with van der Waals surface area (Å²) < 4.78 is 21.7.